The third kappa shape index (κ3) is 3.71. The minimum atomic E-state index is -0.423. The molecule has 0 aliphatic carbocycles. The second kappa shape index (κ2) is 6.70. The lowest BCUT2D eigenvalue weighted by Crippen LogP contribution is -2.10. The van der Waals surface area contributed by atoms with Gasteiger partial charge in [-0.25, -0.2) is 9.97 Å². The molecule has 0 atom stereocenters. The number of benzene rings is 2. The van der Waals surface area contributed by atoms with Crippen LogP contribution in [0.2, 0.25) is 0 Å². The number of hydrogen-bond donors (Lipinski definition) is 2. The topological polar surface area (TPSA) is 80.9 Å². The first kappa shape index (κ1) is 14.7. The van der Waals surface area contributed by atoms with Gasteiger partial charge in [0, 0.05) is 23.7 Å². The van der Waals surface area contributed by atoms with Crippen LogP contribution in [0.25, 0.3) is 11.3 Å². The zero-order valence-electron chi connectivity index (χ0n) is 12.4. The van der Waals surface area contributed by atoms with Crippen LogP contribution in [0.5, 0.6) is 0 Å². The Bertz CT molecular complexity index is 801. The van der Waals surface area contributed by atoms with Crippen LogP contribution in [0.15, 0.2) is 67.0 Å². The standard InChI is InChI=1S/C18H16N4O/c19-18(23)15-8-6-13(7-9-15)11-20-17-10-16(21-12-22-17)14-4-2-1-3-5-14/h1-10,12H,11H2,(H2,19,23)(H,20,21,22). The van der Waals surface area contributed by atoms with E-state index >= 15 is 0 Å². The number of aromatic nitrogens is 2. The summed E-state index contributed by atoms with van der Waals surface area (Å²) in [6.07, 6.45) is 1.54. The largest absolute Gasteiger partial charge is 0.366 e. The number of amides is 1. The van der Waals surface area contributed by atoms with Crippen LogP contribution in [0, 0.1) is 0 Å². The summed E-state index contributed by atoms with van der Waals surface area (Å²) < 4.78 is 0. The summed E-state index contributed by atoms with van der Waals surface area (Å²) in [5.41, 5.74) is 8.68. The lowest BCUT2D eigenvalue weighted by Gasteiger charge is -2.07. The van der Waals surface area contributed by atoms with Gasteiger partial charge in [-0.3, -0.25) is 4.79 Å². The molecular formula is C18H16N4O. The lowest BCUT2D eigenvalue weighted by molar-refractivity contribution is 0.100. The Morgan fingerprint density at radius 2 is 1.74 bits per heavy atom. The molecule has 2 aromatic carbocycles. The minimum Gasteiger partial charge on any atom is -0.366 e. The van der Waals surface area contributed by atoms with Gasteiger partial charge in [-0.05, 0) is 17.7 Å². The first-order chi connectivity index (χ1) is 11.2. The second-order valence-electron chi connectivity index (χ2n) is 5.07. The maximum atomic E-state index is 11.1. The van der Waals surface area contributed by atoms with Crippen LogP contribution in [0.4, 0.5) is 5.82 Å². The van der Waals surface area contributed by atoms with E-state index in [2.05, 4.69) is 15.3 Å². The first-order valence-electron chi connectivity index (χ1n) is 7.22. The van der Waals surface area contributed by atoms with E-state index in [1.165, 1.54) is 0 Å². The van der Waals surface area contributed by atoms with Gasteiger partial charge < -0.3 is 11.1 Å². The van der Waals surface area contributed by atoms with Gasteiger partial charge in [-0.1, -0.05) is 42.5 Å². The van der Waals surface area contributed by atoms with Gasteiger partial charge in [0.25, 0.3) is 0 Å². The van der Waals surface area contributed by atoms with Crippen molar-refractivity contribution in [1.29, 1.82) is 0 Å². The van der Waals surface area contributed by atoms with E-state index in [9.17, 15) is 4.79 Å². The van der Waals surface area contributed by atoms with Crippen LogP contribution < -0.4 is 11.1 Å². The Morgan fingerprint density at radius 1 is 1.00 bits per heavy atom. The van der Waals surface area contributed by atoms with E-state index in [0.29, 0.717) is 12.1 Å². The highest BCUT2D eigenvalue weighted by Crippen LogP contribution is 2.18. The average molecular weight is 304 g/mol. The van der Waals surface area contributed by atoms with Gasteiger partial charge in [-0.15, -0.1) is 0 Å². The fourth-order valence-electron chi connectivity index (χ4n) is 2.20. The first-order valence-corrected chi connectivity index (χ1v) is 7.22. The third-order valence-corrected chi connectivity index (χ3v) is 3.45. The average Bonchev–Trinajstić information content (AvgIpc) is 2.61. The molecule has 0 radical (unpaired) electrons. The zero-order valence-corrected chi connectivity index (χ0v) is 12.4. The highest BCUT2D eigenvalue weighted by atomic mass is 16.1. The van der Waals surface area contributed by atoms with Crippen molar-refractivity contribution in [3.8, 4) is 11.3 Å². The van der Waals surface area contributed by atoms with E-state index in [4.69, 9.17) is 5.73 Å². The van der Waals surface area contributed by atoms with Gasteiger partial charge in [0.2, 0.25) is 5.91 Å². The summed E-state index contributed by atoms with van der Waals surface area (Å²) in [5.74, 6) is 0.325. The van der Waals surface area contributed by atoms with Crippen molar-refractivity contribution in [2.24, 2.45) is 5.73 Å². The van der Waals surface area contributed by atoms with Gasteiger partial charge in [0.1, 0.15) is 12.1 Å². The monoisotopic (exact) mass is 304 g/mol. The number of anilines is 1. The van der Waals surface area contributed by atoms with Crippen molar-refractivity contribution in [3.63, 3.8) is 0 Å². The molecule has 0 aliphatic rings. The summed E-state index contributed by atoms with van der Waals surface area (Å²) in [7, 11) is 0. The predicted octanol–water partition coefficient (Wildman–Crippen LogP) is 2.85. The molecule has 23 heavy (non-hydrogen) atoms. The van der Waals surface area contributed by atoms with Gasteiger partial charge >= 0.3 is 0 Å². The molecule has 3 aromatic rings. The SMILES string of the molecule is NC(=O)c1ccc(CNc2cc(-c3ccccc3)ncn2)cc1. The molecule has 1 aromatic heterocycles. The van der Waals surface area contributed by atoms with E-state index in [1.54, 1.807) is 18.5 Å². The van der Waals surface area contributed by atoms with Gasteiger partial charge in [0.15, 0.2) is 0 Å². The fourth-order valence-corrected chi connectivity index (χ4v) is 2.20. The summed E-state index contributed by atoms with van der Waals surface area (Å²) in [5, 5.41) is 3.25. The molecule has 5 heteroatoms. The quantitative estimate of drug-likeness (QED) is 0.759. The number of carbonyl (C=O) groups is 1. The summed E-state index contributed by atoms with van der Waals surface area (Å²) in [4.78, 5) is 19.6. The lowest BCUT2D eigenvalue weighted by atomic mass is 10.1. The molecular weight excluding hydrogens is 288 g/mol. The van der Waals surface area contributed by atoms with Crippen molar-refractivity contribution < 1.29 is 4.79 Å². The van der Waals surface area contributed by atoms with Gasteiger partial charge in [0.05, 0.1) is 5.69 Å². The number of nitrogens with two attached hydrogens (primary N) is 1. The van der Waals surface area contributed by atoms with Crippen LogP contribution >= 0.6 is 0 Å². The predicted molar refractivity (Wildman–Crippen MR) is 89.8 cm³/mol. The second-order valence-corrected chi connectivity index (χ2v) is 5.07. The molecule has 0 spiro atoms. The maximum Gasteiger partial charge on any atom is 0.248 e. The highest BCUT2D eigenvalue weighted by molar-refractivity contribution is 5.92. The zero-order chi connectivity index (χ0) is 16.1. The van der Waals surface area contributed by atoms with Gasteiger partial charge in [-0.2, -0.15) is 0 Å². The molecule has 114 valence electrons. The molecule has 5 nitrogen and oxygen atoms in total. The summed E-state index contributed by atoms with van der Waals surface area (Å²) in [6, 6.07) is 19.0. The number of primary amides is 1. The number of nitrogens with zero attached hydrogens (tertiary/aromatic N) is 2. The summed E-state index contributed by atoms with van der Waals surface area (Å²) in [6.45, 7) is 0.601. The van der Waals surface area contributed by atoms with Crippen LogP contribution in [-0.4, -0.2) is 15.9 Å². The minimum absolute atomic E-state index is 0.423. The third-order valence-electron chi connectivity index (χ3n) is 3.45. The maximum absolute atomic E-state index is 11.1. The number of carbonyl (C=O) groups excluding carboxylic acids is 1. The van der Waals surface area contributed by atoms with Crippen molar-refractivity contribution in [3.05, 3.63) is 78.1 Å². The molecule has 1 amide bonds. The normalized spacial score (nSPS) is 10.3. The van der Waals surface area contributed by atoms with E-state index in [1.807, 2.05) is 48.5 Å². The van der Waals surface area contributed by atoms with E-state index in [0.717, 1.165) is 22.6 Å². The smallest absolute Gasteiger partial charge is 0.248 e. The van der Waals surface area contributed by atoms with Crippen molar-refractivity contribution >= 4 is 11.7 Å². The van der Waals surface area contributed by atoms with Crippen molar-refractivity contribution in [1.82, 2.24) is 9.97 Å². The van der Waals surface area contributed by atoms with E-state index in [-0.39, 0.29) is 0 Å². The van der Waals surface area contributed by atoms with Crippen LogP contribution in [0.1, 0.15) is 15.9 Å². The Hall–Kier alpha value is -3.21. The Kier molecular flexibility index (Phi) is 4.29. The Labute approximate surface area is 134 Å². The van der Waals surface area contributed by atoms with Crippen molar-refractivity contribution in [2.45, 2.75) is 6.54 Å². The van der Waals surface area contributed by atoms with E-state index < -0.39 is 5.91 Å². The number of nitrogens with one attached hydrogen (secondary N) is 1. The van der Waals surface area contributed by atoms with Crippen LogP contribution in [0.3, 0.4) is 0 Å². The number of hydrogen-bond acceptors (Lipinski definition) is 4. The number of rotatable bonds is 5. The molecule has 1 heterocycles. The molecule has 0 saturated heterocycles. The molecule has 0 unspecified atom stereocenters. The molecule has 0 bridgehead atoms. The highest BCUT2D eigenvalue weighted by Gasteiger charge is 2.03. The molecule has 0 aliphatic heterocycles. The van der Waals surface area contributed by atoms with Crippen LogP contribution in [-0.2, 0) is 6.54 Å². The molecule has 3 rings (SSSR count). The summed E-state index contributed by atoms with van der Waals surface area (Å²) >= 11 is 0. The molecule has 3 N–H and O–H groups in total. The Morgan fingerprint density at radius 3 is 2.43 bits per heavy atom. The molecule has 0 saturated carbocycles. The van der Waals surface area contributed by atoms with Crippen molar-refractivity contribution in [2.75, 3.05) is 5.32 Å². The molecule has 0 fully saturated rings. The fraction of sp³-hybridized carbons (Fsp3) is 0.0556. The Balaban J connectivity index is 1.70.